The number of hydrogen-bond acceptors (Lipinski definition) is 6. The van der Waals surface area contributed by atoms with E-state index in [1.807, 2.05) is 12.1 Å². The zero-order chi connectivity index (χ0) is 20.2. The molecule has 0 unspecified atom stereocenters. The number of fused-ring (bicyclic) bond motifs is 1. The minimum absolute atomic E-state index is 0.143. The number of amides is 1. The van der Waals surface area contributed by atoms with Crippen molar-refractivity contribution >= 4 is 44.9 Å². The van der Waals surface area contributed by atoms with Crippen LogP contribution in [0.1, 0.15) is 16.1 Å². The molecule has 0 spiro atoms. The van der Waals surface area contributed by atoms with Crippen molar-refractivity contribution in [1.82, 2.24) is 15.0 Å². The molecular formula is C21H18N4O2S2. The Kier molecular flexibility index (Phi) is 5.73. The molecule has 8 heteroatoms. The maximum atomic E-state index is 12.2. The smallest absolute Gasteiger partial charge is 0.251 e. The third-order valence-corrected chi connectivity index (χ3v) is 6.02. The molecule has 0 aliphatic rings. The highest BCUT2D eigenvalue weighted by molar-refractivity contribution is 7.99. The van der Waals surface area contributed by atoms with Gasteiger partial charge in [0.1, 0.15) is 0 Å². The van der Waals surface area contributed by atoms with Gasteiger partial charge in [-0.05, 0) is 23.3 Å². The first-order valence-corrected chi connectivity index (χ1v) is 10.8. The van der Waals surface area contributed by atoms with E-state index in [4.69, 9.17) is 0 Å². The molecule has 6 nitrogen and oxygen atoms in total. The third-order valence-electron chi connectivity index (χ3n) is 4.23. The molecule has 0 fully saturated rings. The normalized spacial score (nSPS) is 10.9. The quantitative estimate of drug-likeness (QED) is 0.362. The molecular weight excluding hydrogens is 404 g/mol. The number of carbonyl (C=O) groups is 1. The molecule has 146 valence electrons. The molecule has 2 N–H and O–H groups in total. The van der Waals surface area contributed by atoms with Gasteiger partial charge in [0, 0.05) is 29.3 Å². The van der Waals surface area contributed by atoms with Gasteiger partial charge in [-0.25, -0.2) is 9.97 Å². The zero-order valence-electron chi connectivity index (χ0n) is 15.6. The summed E-state index contributed by atoms with van der Waals surface area (Å²) >= 11 is 2.65. The van der Waals surface area contributed by atoms with Gasteiger partial charge >= 0.3 is 0 Å². The predicted octanol–water partition coefficient (Wildman–Crippen LogP) is 4.01. The van der Waals surface area contributed by atoms with Crippen LogP contribution in [0, 0.1) is 6.92 Å². The Labute approximate surface area is 175 Å². The van der Waals surface area contributed by atoms with Gasteiger partial charge in [0.25, 0.3) is 5.56 Å². The van der Waals surface area contributed by atoms with Crippen molar-refractivity contribution in [2.45, 2.75) is 18.5 Å². The fourth-order valence-electron chi connectivity index (χ4n) is 2.99. The lowest BCUT2D eigenvalue weighted by atomic mass is 10.0. The van der Waals surface area contributed by atoms with E-state index in [1.165, 1.54) is 45.5 Å². The van der Waals surface area contributed by atoms with E-state index in [-0.39, 0.29) is 17.2 Å². The second kappa shape index (κ2) is 8.59. The van der Waals surface area contributed by atoms with E-state index in [2.05, 4.69) is 50.6 Å². The highest BCUT2D eigenvalue weighted by Crippen LogP contribution is 2.25. The lowest BCUT2D eigenvalue weighted by Gasteiger charge is -2.04. The number of nitrogens with zero attached hydrogens (tertiary/aromatic N) is 2. The first kappa shape index (κ1) is 19.4. The monoisotopic (exact) mass is 422 g/mol. The Morgan fingerprint density at radius 1 is 1.21 bits per heavy atom. The molecule has 0 saturated heterocycles. The largest absolute Gasteiger partial charge is 0.301 e. The summed E-state index contributed by atoms with van der Waals surface area (Å²) in [4.78, 5) is 35.9. The zero-order valence-corrected chi connectivity index (χ0v) is 17.3. The Hall–Kier alpha value is -2.97. The van der Waals surface area contributed by atoms with Crippen LogP contribution in [-0.4, -0.2) is 26.6 Å². The van der Waals surface area contributed by atoms with Gasteiger partial charge in [-0.3, -0.25) is 9.59 Å². The van der Waals surface area contributed by atoms with Crippen molar-refractivity contribution in [2.24, 2.45) is 0 Å². The number of aromatic amines is 1. The number of thioether (sulfide) groups is 1. The van der Waals surface area contributed by atoms with Crippen molar-refractivity contribution in [3.63, 3.8) is 0 Å². The number of carbonyl (C=O) groups excluding carboxylic acids is 1. The molecule has 4 rings (SSSR count). The van der Waals surface area contributed by atoms with Gasteiger partial charge in [0.15, 0.2) is 10.3 Å². The molecule has 0 saturated carbocycles. The summed E-state index contributed by atoms with van der Waals surface area (Å²) in [5.41, 5.74) is 1.63. The van der Waals surface area contributed by atoms with Crippen LogP contribution in [-0.2, 0) is 11.2 Å². The summed E-state index contributed by atoms with van der Waals surface area (Å²) in [6.07, 6.45) is 2.56. The van der Waals surface area contributed by atoms with Crippen LogP contribution >= 0.6 is 23.1 Å². The van der Waals surface area contributed by atoms with Crippen LogP contribution < -0.4 is 10.9 Å². The molecule has 2 aromatic carbocycles. The Morgan fingerprint density at radius 3 is 2.90 bits per heavy atom. The molecule has 29 heavy (non-hydrogen) atoms. The second-order valence-corrected chi connectivity index (χ2v) is 8.55. The van der Waals surface area contributed by atoms with Crippen LogP contribution in [0.25, 0.3) is 10.8 Å². The minimum atomic E-state index is -0.224. The highest BCUT2D eigenvalue weighted by atomic mass is 32.2. The molecule has 0 aliphatic carbocycles. The van der Waals surface area contributed by atoms with E-state index >= 15 is 0 Å². The number of aryl methyl sites for hydroxylation is 1. The van der Waals surface area contributed by atoms with Gasteiger partial charge in [-0.15, -0.1) is 11.3 Å². The number of anilines is 1. The predicted molar refractivity (Wildman–Crippen MR) is 118 cm³/mol. The molecule has 0 radical (unpaired) electrons. The standard InChI is InChI=1S/C21H18N4O2S2/c1-13-9-18(26)24-21(23-13)28-12-19(27)25-20-22-11-16(29-20)10-15-7-4-6-14-5-2-3-8-17(14)15/h2-9,11H,10,12H2,1H3,(H,22,25,27)(H,23,24,26). The van der Waals surface area contributed by atoms with Gasteiger partial charge in [0.05, 0.1) is 5.75 Å². The fourth-order valence-corrected chi connectivity index (χ4v) is 4.56. The molecule has 0 bridgehead atoms. The van der Waals surface area contributed by atoms with Crippen molar-refractivity contribution < 1.29 is 4.79 Å². The van der Waals surface area contributed by atoms with Gasteiger partial charge in [0.2, 0.25) is 5.91 Å². The lowest BCUT2D eigenvalue weighted by molar-refractivity contribution is -0.113. The Balaban J connectivity index is 1.38. The maximum Gasteiger partial charge on any atom is 0.251 e. The Morgan fingerprint density at radius 2 is 2.03 bits per heavy atom. The highest BCUT2D eigenvalue weighted by Gasteiger charge is 2.10. The average molecular weight is 423 g/mol. The third kappa shape index (κ3) is 4.90. The minimum Gasteiger partial charge on any atom is -0.301 e. The number of nitrogens with one attached hydrogen (secondary N) is 2. The maximum absolute atomic E-state index is 12.2. The number of thiazole rings is 1. The summed E-state index contributed by atoms with van der Waals surface area (Å²) in [7, 11) is 0. The van der Waals surface area contributed by atoms with Gasteiger partial charge in [-0.1, -0.05) is 54.2 Å². The van der Waals surface area contributed by atoms with Crippen molar-refractivity contribution in [3.05, 3.63) is 81.2 Å². The average Bonchev–Trinajstić information content (AvgIpc) is 3.13. The van der Waals surface area contributed by atoms with Crippen molar-refractivity contribution in [1.29, 1.82) is 0 Å². The van der Waals surface area contributed by atoms with Crippen LogP contribution in [0.15, 0.2) is 64.7 Å². The Bertz CT molecular complexity index is 1230. The first-order valence-electron chi connectivity index (χ1n) is 8.99. The van der Waals surface area contributed by atoms with E-state index in [0.29, 0.717) is 16.0 Å². The summed E-state index contributed by atoms with van der Waals surface area (Å²) in [5.74, 6) is -0.0461. The van der Waals surface area contributed by atoms with Crippen molar-refractivity contribution in [2.75, 3.05) is 11.1 Å². The molecule has 1 amide bonds. The summed E-state index contributed by atoms with van der Waals surface area (Å²) in [6.45, 7) is 1.74. The van der Waals surface area contributed by atoms with Crippen LogP contribution in [0.4, 0.5) is 5.13 Å². The molecule has 2 heterocycles. The SMILES string of the molecule is Cc1cc(=O)[nH]c(SCC(=O)Nc2ncc(Cc3cccc4ccccc34)s2)n1. The molecule has 0 aliphatic heterocycles. The van der Waals surface area contributed by atoms with E-state index in [9.17, 15) is 9.59 Å². The van der Waals surface area contributed by atoms with Crippen LogP contribution in [0.2, 0.25) is 0 Å². The lowest BCUT2D eigenvalue weighted by Crippen LogP contribution is -2.15. The second-order valence-electron chi connectivity index (χ2n) is 6.48. The topological polar surface area (TPSA) is 87.7 Å². The van der Waals surface area contributed by atoms with Gasteiger partial charge < -0.3 is 10.3 Å². The van der Waals surface area contributed by atoms with Crippen LogP contribution in [0.3, 0.4) is 0 Å². The molecule has 4 aromatic rings. The number of aromatic nitrogens is 3. The summed E-state index contributed by atoms with van der Waals surface area (Å²) < 4.78 is 0. The van der Waals surface area contributed by atoms with E-state index in [1.54, 1.807) is 13.1 Å². The van der Waals surface area contributed by atoms with Gasteiger partial charge in [-0.2, -0.15) is 0 Å². The number of H-pyrrole nitrogens is 1. The summed E-state index contributed by atoms with van der Waals surface area (Å²) in [6, 6.07) is 16.0. The number of rotatable bonds is 6. The van der Waals surface area contributed by atoms with E-state index in [0.717, 1.165) is 11.3 Å². The fraction of sp³-hybridized carbons (Fsp3) is 0.143. The molecule has 0 atom stereocenters. The van der Waals surface area contributed by atoms with E-state index < -0.39 is 0 Å². The number of hydrogen-bond donors (Lipinski definition) is 2. The summed E-state index contributed by atoms with van der Waals surface area (Å²) in [5, 5.41) is 6.25. The van der Waals surface area contributed by atoms with Crippen molar-refractivity contribution in [3.8, 4) is 0 Å². The first-order chi connectivity index (χ1) is 14.1. The van der Waals surface area contributed by atoms with Crippen LogP contribution in [0.5, 0.6) is 0 Å². The number of benzene rings is 2. The molecule has 2 aromatic heterocycles.